The predicted octanol–water partition coefficient (Wildman–Crippen LogP) is -0.669. The molecule has 0 aliphatic heterocycles. The van der Waals surface area contributed by atoms with E-state index in [1.807, 2.05) is 18.2 Å². The Bertz CT molecular complexity index is 689. The van der Waals surface area contributed by atoms with Crippen LogP contribution in [0.5, 0.6) is 0 Å². The lowest BCUT2D eigenvalue weighted by Gasteiger charge is -2.18. The van der Waals surface area contributed by atoms with Gasteiger partial charge in [-0.15, -0.1) is 0 Å². The average Bonchev–Trinajstić information content (AvgIpc) is 2.68. The molecule has 0 aliphatic rings. The fourth-order valence-corrected chi connectivity index (χ4v) is 1.52. The number of carboxylic acids is 1. The number of carbonyl (C=O) groups is 5. The first-order valence-electron chi connectivity index (χ1n) is 9.24. The van der Waals surface area contributed by atoms with Gasteiger partial charge >= 0.3 is 5.97 Å². The van der Waals surface area contributed by atoms with E-state index in [4.69, 9.17) is 14.6 Å². The van der Waals surface area contributed by atoms with Crippen molar-refractivity contribution in [1.29, 1.82) is 0 Å². The SMILES string of the molecule is CC(C)(C)OCC(=O)NCC(=O)NCC(=O)NCC(=O)O.Cc1ccccc1.NC=O. The lowest BCUT2D eigenvalue weighted by atomic mass is 10.2. The standard InChI is InChI=1S/C12H21N3O6.C7H8.CH3NO/c1-12(2,3)21-7-10(18)14-5-8(16)13-4-9(17)15-6-11(19)20;1-7-5-3-2-4-6-7;2-1-3/h4-7H2,1-3H3,(H,13,16)(H,14,18)(H,15,17)(H,19,20);2-6H,1H3;1H,(H2,2,3). The average molecular weight is 440 g/mol. The second-order valence-corrected chi connectivity index (χ2v) is 6.92. The molecule has 1 aromatic rings. The van der Waals surface area contributed by atoms with Crippen LogP contribution in [-0.4, -0.2) is 67.0 Å². The summed E-state index contributed by atoms with van der Waals surface area (Å²) in [6, 6.07) is 10.3. The number of hydrogen-bond acceptors (Lipinski definition) is 6. The maximum atomic E-state index is 11.3. The number of ether oxygens (including phenoxy) is 1. The number of nitrogens with two attached hydrogens (primary N) is 1. The van der Waals surface area contributed by atoms with Crippen LogP contribution < -0.4 is 21.7 Å². The van der Waals surface area contributed by atoms with Gasteiger partial charge < -0.3 is 31.5 Å². The molecule has 6 N–H and O–H groups in total. The molecular formula is C20H32N4O7. The van der Waals surface area contributed by atoms with Crippen LogP contribution in [0.25, 0.3) is 0 Å². The quantitative estimate of drug-likeness (QED) is 0.333. The molecule has 11 nitrogen and oxygen atoms in total. The lowest BCUT2D eigenvalue weighted by Crippen LogP contribution is -2.43. The molecule has 0 saturated heterocycles. The first kappa shape index (κ1) is 29.7. The van der Waals surface area contributed by atoms with Crippen molar-refractivity contribution in [3.05, 3.63) is 35.9 Å². The number of benzene rings is 1. The van der Waals surface area contributed by atoms with Gasteiger partial charge in [-0.3, -0.25) is 24.0 Å². The van der Waals surface area contributed by atoms with Crippen molar-refractivity contribution >= 4 is 30.1 Å². The number of carboxylic acid groups (broad SMARTS) is 1. The van der Waals surface area contributed by atoms with Gasteiger partial charge in [-0.2, -0.15) is 0 Å². The van der Waals surface area contributed by atoms with E-state index in [0.29, 0.717) is 0 Å². The molecule has 31 heavy (non-hydrogen) atoms. The van der Waals surface area contributed by atoms with E-state index < -0.39 is 35.8 Å². The van der Waals surface area contributed by atoms with Crippen molar-refractivity contribution in [2.24, 2.45) is 5.73 Å². The molecule has 0 saturated carbocycles. The number of hydrogen-bond donors (Lipinski definition) is 5. The molecule has 0 radical (unpaired) electrons. The highest BCUT2D eigenvalue weighted by Gasteiger charge is 2.13. The van der Waals surface area contributed by atoms with E-state index in [9.17, 15) is 19.2 Å². The zero-order valence-electron chi connectivity index (χ0n) is 18.3. The largest absolute Gasteiger partial charge is 0.480 e. The highest BCUT2D eigenvalue weighted by atomic mass is 16.5. The van der Waals surface area contributed by atoms with Crippen LogP contribution in [0.2, 0.25) is 0 Å². The Morgan fingerprint density at radius 2 is 1.35 bits per heavy atom. The molecule has 1 rings (SSSR count). The van der Waals surface area contributed by atoms with Crippen molar-refractivity contribution in [3.63, 3.8) is 0 Å². The third kappa shape index (κ3) is 24.5. The summed E-state index contributed by atoms with van der Waals surface area (Å²) in [5, 5.41) is 15.0. The summed E-state index contributed by atoms with van der Waals surface area (Å²) in [5.41, 5.74) is 5.03. The van der Waals surface area contributed by atoms with Crippen LogP contribution in [0.1, 0.15) is 26.3 Å². The third-order valence-corrected chi connectivity index (χ3v) is 2.91. The van der Waals surface area contributed by atoms with Crippen LogP contribution in [0.4, 0.5) is 0 Å². The van der Waals surface area contributed by atoms with Crippen molar-refractivity contribution in [2.45, 2.75) is 33.3 Å². The summed E-state index contributed by atoms with van der Waals surface area (Å²) >= 11 is 0. The van der Waals surface area contributed by atoms with E-state index in [-0.39, 0.29) is 26.1 Å². The third-order valence-electron chi connectivity index (χ3n) is 2.91. The zero-order valence-corrected chi connectivity index (χ0v) is 18.3. The molecular weight excluding hydrogens is 408 g/mol. The Balaban J connectivity index is 0. The van der Waals surface area contributed by atoms with Crippen molar-refractivity contribution < 1.29 is 33.8 Å². The van der Waals surface area contributed by atoms with E-state index in [2.05, 4.69) is 40.7 Å². The molecule has 1 aromatic carbocycles. The Morgan fingerprint density at radius 3 is 1.71 bits per heavy atom. The van der Waals surface area contributed by atoms with Gasteiger partial charge in [0.2, 0.25) is 24.1 Å². The number of rotatable bonds is 8. The normalized spacial score (nSPS) is 9.55. The molecule has 0 atom stereocenters. The minimum absolute atomic E-state index is 0.171. The van der Waals surface area contributed by atoms with Crippen LogP contribution in [-0.2, 0) is 28.7 Å². The van der Waals surface area contributed by atoms with Gasteiger partial charge in [0.05, 0.1) is 18.7 Å². The van der Waals surface area contributed by atoms with Gasteiger partial charge in [0.25, 0.3) is 0 Å². The second-order valence-electron chi connectivity index (χ2n) is 6.92. The van der Waals surface area contributed by atoms with E-state index in [1.165, 1.54) is 5.56 Å². The molecule has 0 aliphatic carbocycles. The maximum absolute atomic E-state index is 11.3. The number of amides is 4. The lowest BCUT2D eigenvalue weighted by molar-refractivity contribution is -0.138. The van der Waals surface area contributed by atoms with Crippen molar-refractivity contribution in [3.8, 4) is 0 Å². The summed E-state index contributed by atoms with van der Waals surface area (Å²) in [5.74, 6) is -2.83. The van der Waals surface area contributed by atoms with Crippen LogP contribution in [0.3, 0.4) is 0 Å². The molecule has 4 amide bonds. The summed E-state index contributed by atoms with van der Waals surface area (Å²) in [7, 11) is 0. The van der Waals surface area contributed by atoms with Crippen LogP contribution in [0.15, 0.2) is 30.3 Å². The summed E-state index contributed by atoms with van der Waals surface area (Å²) in [6.45, 7) is 6.12. The van der Waals surface area contributed by atoms with Crippen LogP contribution >= 0.6 is 0 Å². The highest BCUT2D eigenvalue weighted by molar-refractivity contribution is 5.89. The number of carbonyl (C=O) groups excluding carboxylic acids is 4. The summed E-state index contributed by atoms with van der Waals surface area (Å²) < 4.78 is 5.21. The van der Waals surface area contributed by atoms with Gasteiger partial charge in [-0.1, -0.05) is 35.9 Å². The molecule has 0 aromatic heterocycles. The highest BCUT2D eigenvalue weighted by Crippen LogP contribution is 2.05. The van der Waals surface area contributed by atoms with E-state index in [1.54, 1.807) is 20.8 Å². The van der Waals surface area contributed by atoms with Crippen LogP contribution in [0, 0.1) is 6.92 Å². The predicted molar refractivity (Wildman–Crippen MR) is 114 cm³/mol. The summed E-state index contributed by atoms with van der Waals surface area (Å²) in [6.07, 6.45) is 0.250. The van der Waals surface area contributed by atoms with E-state index >= 15 is 0 Å². The second kappa shape index (κ2) is 17.4. The molecule has 11 heteroatoms. The number of primary amides is 1. The first-order valence-corrected chi connectivity index (χ1v) is 9.24. The fraction of sp³-hybridized carbons (Fsp3) is 0.450. The summed E-state index contributed by atoms with van der Waals surface area (Å²) in [4.78, 5) is 52.6. The van der Waals surface area contributed by atoms with Gasteiger partial charge in [0.1, 0.15) is 13.2 Å². The minimum atomic E-state index is -1.18. The first-order chi connectivity index (χ1) is 14.4. The molecule has 0 fully saturated rings. The molecule has 0 heterocycles. The number of aliphatic carboxylic acids is 1. The Hall–Kier alpha value is -3.47. The monoisotopic (exact) mass is 440 g/mol. The Labute approximate surface area is 181 Å². The Morgan fingerprint density at radius 1 is 0.935 bits per heavy atom. The molecule has 174 valence electrons. The van der Waals surface area contributed by atoms with Crippen molar-refractivity contribution in [2.75, 3.05) is 26.2 Å². The topological polar surface area (TPSA) is 177 Å². The van der Waals surface area contributed by atoms with Crippen molar-refractivity contribution in [1.82, 2.24) is 16.0 Å². The maximum Gasteiger partial charge on any atom is 0.322 e. The van der Waals surface area contributed by atoms with Gasteiger partial charge in [0.15, 0.2) is 0 Å². The zero-order chi connectivity index (χ0) is 24.3. The fourth-order valence-electron chi connectivity index (χ4n) is 1.52. The van der Waals surface area contributed by atoms with Gasteiger partial charge in [-0.05, 0) is 27.7 Å². The van der Waals surface area contributed by atoms with Gasteiger partial charge in [0, 0.05) is 0 Å². The molecule has 0 unspecified atom stereocenters. The van der Waals surface area contributed by atoms with E-state index in [0.717, 1.165) is 0 Å². The molecule has 0 bridgehead atoms. The number of nitrogens with one attached hydrogen (secondary N) is 3. The molecule has 0 spiro atoms. The Kier molecular flexibility index (Phi) is 16.7. The number of aryl methyl sites for hydroxylation is 1. The minimum Gasteiger partial charge on any atom is -0.480 e. The smallest absolute Gasteiger partial charge is 0.322 e. The van der Waals surface area contributed by atoms with Gasteiger partial charge in [-0.25, -0.2) is 0 Å².